The summed E-state index contributed by atoms with van der Waals surface area (Å²) in [5.74, 6) is 1.22. The van der Waals surface area contributed by atoms with Gasteiger partial charge in [-0.25, -0.2) is 0 Å². The number of nitrogens with zero attached hydrogens (tertiary/aromatic N) is 3. The molecule has 1 N–H and O–H groups in total. The van der Waals surface area contributed by atoms with Gasteiger partial charge in [0.2, 0.25) is 17.6 Å². The number of benzene rings is 2. The summed E-state index contributed by atoms with van der Waals surface area (Å²) in [5, 5.41) is 7.18. The van der Waals surface area contributed by atoms with Gasteiger partial charge in [-0.05, 0) is 42.5 Å². The first kappa shape index (κ1) is 21.2. The summed E-state index contributed by atoms with van der Waals surface area (Å²) in [6, 6.07) is 17.9. The average Bonchev–Trinajstić information content (AvgIpc) is 3.22. The highest BCUT2D eigenvalue weighted by Gasteiger charge is 2.27. The topological polar surface area (TPSA) is 71.3 Å². The average molecular weight is 419 g/mol. The van der Waals surface area contributed by atoms with Crippen LogP contribution >= 0.6 is 0 Å². The monoisotopic (exact) mass is 418 g/mol. The molecule has 0 bridgehead atoms. The molecule has 2 heterocycles. The number of para-hydroxylation sites is 1. The highest BCUT2D eigenvalue weighted by Crippen LogP contribution is 2.25. The van der Waals surface area contributed by atoms with Gasteiger partial charge in [-0.1, -0.05) is 68.4 Å². The number of nitrogens with one attached hydrogen (secondary N) is 1. The number of hydrogen-bond acceptors (Lipinski definition) is 5. The van der Waals surface area contributed by atoms with Gasteiger partial charge in [0.1, 0.15) is 0 Å². The third kappa shape index (κ3) is 5.39. The van der Waals surface area contributed by atoms with Crippen molar-refractivity contribution in [2.24, 2.45) is 5.92 Å². The molecule has 1 fully saturated rings. The van der Waals surface area contributed by atoms with E-state index in [9.17, 15) is 4.79 Å². The maximum Gasteiger partial charge on any atom is 0.241 e. The van der Waals surface area contributed by atoms with Crippen molar-refractivity contribution in [1.29, 1.82) is 0 Å². The van der Waals surface area contributed by atoms with Crippen LogP contribution in [0.15, 0.2) is 59.1 Å². The Morgan fingerprint density at radius 1 is 1.13 bits per heavy atom. The van der Waals surface area contributed by atoms with Crippen molar-refractivity contribution in [2.75, 3.05) is 18.4 Å². The summed E-state index contributed by atoms with van der Waals surface area (Å²) >= 11 is 0. The number of anilines is 1. The molecule has 0 radical (unpaired) electrons. The van der Waals surface area contributed by atoms with E-state index in [1.807, 2.05) is 42.5 Å². The molecule has 162 valence electrons. The fourth-order valence-corrected chi connectivity index (χ4v) is 3.93. The molecule has 6 heteroatoms. The SMILES string of the molecule is CC(C)(C)c1ccc(-c2noc(CN3CCCC(C(=O)Nc4ccccc4)C3)n2)cc1. The first-order chi connectivity index (χ1) is 14.9. The van der Waals surface area contributed by atoms with Crippen LogP contribution in [0.4, 0.5) is 5.69 Å². The highest BCUT2D eigenvalue weighted by molar-refractivity contribution is 5.92. The Kier molecular flexibility index (Phi) is 6.18. The maximum atomic E-state index is 12.7. The van der Waals surface area contributed by atoms with Gasteiger partial charge < -0.3 is 9.84 Å². The van der Waals surface area contributed by atoms with Crippen LogP contribution < -0.4 is 5.32 Å². The summed E-state index contributed by atoms with van der Waals surface area (Å²) in [5.41, 5.74) is 3.16. The second kappa shape index (κ2) is 9.02. The first-order valence-corrected chi connectivity index (χ1v) is 10.9. The largest absolute Gasteiger partial charge is 0.338 e. The molecular formula is C25H30N4O2. The van der Waals surface area contributed by atoms with Crippen LogP contribution in [0, 0.1) is 5.92 Å². The van der Waals surface area contributed by atoms with Crippen LogP contribution in [0.25, 0.3) is 11.4 Å². The maximum absolute atomic E-state index is 12.7. The smallest absolute Gasteiger partial charge is 0.241 e. The van der Waals surface area contributed by atoms with E-state index in [-0.39, 0.29) is 17.2 Å². The normalized spacial score (nSPS) is 17.5. The van der Waals surface area contributed by atoms with Crippen LogP contribution in [-0.2, 0) is 16.8 Å². The van der Waals surface area contributed by atoms with Gasteiger partial charge in [-0.2, -0.15) is 4.98 Å². The Hall–Kier alpha value is -2.99. The summed E-state index contributed by atoms with van der Waals surface area (Å²) in [7, 11) is 0. The molecule has 1 amide bonds. The van der Waals surface area contributed by atoms with Gasteiger partial charge in [0.15, 0.2) is 0 Å². The van der Waals surface area contributed by atoms with E-state index in [0.717, 1.165) is 30.6 Å². The summed E-state index contributed by atoms with van der Waals surface area (Å²) < 4.78 is 5.51. The minimum Gasteiger partial charge on any atom is -0.338 e. The molecular weight excluding hydrogens is 388 g/mol. The third-order valence-corrected chi connectivity index (χ3v) is 5.75. The predicted octanol–water partition coefficient (Wildman–Crippen LogP) is 4.88. The highest BCUT2D eigenvalue weighted by atomic mass is 16.5. The molecule has 1 atom stereocenters. The second-order valence-electron chi connectivity index (χ2n) is 9.27. The van der Waals surface area contributed by atoms with Crippen LogP contribution in [-0.4, -0.2) is 34.0 Å². The number of carbonyl (C=O) groups excluding carboxylic acids is 1. The molecule has 1 aromatic heterocycles. The molecule has 1 saturated heterocycles. The number of aromatic nitrogens is 2. The molecule has 0 saturated carbocycles. The van der Waals surface area contributed by atoms with E-state index in [1.165, 1.54) is 5.56 Å². The van der Waals surface area contributed by atoms with Crippen molar-refractivity contribution in [2.45, 2.75) is 45.6 Å². The number of hydrogen-bond donors (Lipinski definition) is 1. The Bertz CT molecular complexity index is 1010. The van der Waals surface area contributed by atoms with Crippen molar-refractivity contribution in [3.05, 3.63) is 66.1 Å². The third-order valence-electron chi connectivity index (χ3n) is 5.75. The van der Waals surface area contributed by atoms with E-state index in [0.29, 0.717) is 24.8 Å². The summed E-state index contributed by atoms with van der Waals surface area (Å²) in [6.45, 7) is 8.76. The lowest BCUT2D eigenvalue weighted by molar-refractivity contribution is -0.121. The number of rotatable bonds is 5. The lowest BCUT2D eigenvalue weighted by atomic mass is 9.87. The van der Waals surface area contributed by atoms with Gasteiger partial charge in [-0.3, -0.25) is 9.69 Å². The Morgan fingerprint density at radius 2 is 1.87 bits per heavy atom. The van der Waals surface area contributed by atoms with Crippen molar-refractivity contribution < 1.29 is 9.32 Å². The van der Waals surface area contributed by atoms with Crippen molar-refractivity contribution in [3.63, 3.8) is 0 Å². The van der Waals surface area contributed by atoms with E-state index in [2.05, 4.69) is 53.3 Å². The number of amides is 1. The Morgan fingerprint density at radius 3 is 2.58 bits per heavy atom. The predicted molar refractivity (Wildman–Crippen MR) is 122 cm³/mol. The molecule has 6 nitrogen and oxygen atoms in total. The van der Waals surface area contributed by atoms with Gasteiger partial charge in [0, 0.05) is 17.8 Å². The molecule has 1 unspecified atom stereocenters. The summed E-state index contributed by atoms with van der Waals surface area (Å²) in [4.78, 5) is 19.5. The van der Waals surface area contributed by atoms with Crippen molar-refractivity contribution >= 4 is 11.6 Å². The first-order valence-electron chi connectivity index (χ1n) is 10.9. The number of likely N-dealkylation sites (tertiary alicyclic amines) is 1. The Labute approximate surface area is 183 Å². The van der Waals surface area contributed by atoms with Crippen molar-refractivity contribution in [3.8, 4) is 11.4 Å². The number of piperidine rings is 1. The minimum atomic E-state index is -0.0405. The molecule has 3 aromatic rings. The minimum absolute atomic E-state index is 0.0405. The lowest BCUT2D eigenvalue weighted by Crippen LogP contribution is -2.40. The van der Waals surface area contributed by atoms with Gasteiger partial charge in [0.25, 0.3) is 0 Å². The fraction of sp³-hybridized carbons (Fsp3) is 0.400. The zero-order valence-corrected chi connectivity index (χ0v) is 18.5. The van der Waals surface area contributed by atoms with E-state index >= 15 is 0 Å². The zero-order chi connectivity index (χ0) is 21.8. The van der Waals surface area contributed by atoms with Crippen molar-refractivity contribution in [1.82, 2.24) is 15.0 Å². The molecule has 31 heavy (non-hydrogen) atoms. The van der Waals surface area contributed by atoms with Gasteiger partial charge in [0.05, 0.1) is 12.5 Å². The van der Waals surface area contributed by atoms with E-state index < -0.39 is 0 Å². The quantitative estimate of drug-likeness (QED) is 0.639. The molecule has 2 aromatic carbocycles. The molecule has 1 aliphatic heterocycles. The van der Waals surface area contributed by atoms with Gasteiger partial charge >= 0.3 is 0 Å². The Balaban J connectivity index is 1.36. The lowest BCUT2D eigenvalue weighted by Gasteiger charge is -2.30. The second-order valence-corrected chi connectivity index (χ2v) is 9.27. The van der Waals surface area contributed by atoms with E-state index in [1.54, 1.807) is 0 Å². The van der Waals surface area contributed by atoms with E-state index in [4.69, 9.17) is 4.52 Å². The number of carbonyl (C=O) groups is 1. The molecule has 4 rings (SSSR count). The summed E-state index contributed by atoms with van der Waals surface area (Å²) in [6.07, 6.45) is 1.87. The molecule has 1 aliphatic rings. The van der Waals surface area contributed by atoms with Crippen LogP contribution in [0.1, 0.15) is 45.1 Å². The molecule has 0 aliphatic carbocycles. The standard InChI is InChI=1S/C25H30N4O2/c1-25(2,3)20-13-11-18(12-14-20)23-27-22(31-28-23)17-29-15-7-8-19(16-29)24(30)26-21-9-5-4-6-10-21/h4-6,9-14,19H,7-8,15-17H2,1-3H3,(H,26,30). The van der Waals surface area contributed by atoms with Crippen LogP contribution in [0.3, 0.4) is 0 Å². The molecule has 0 spiro atoms. The fourth-order valence-electron chi connectivity index (χ4n) is 3.93. The van der Waals surface area contributed by atoms with Gasteiger partial charge in [-0.15, -0.1) is 0 Å². The van der Waals surface area contributed by atoms with Crippen LogP contribution in [0.2, 0.25) is 0 Å². The van der Waals surface area contributed by atoms with Crippen LogP contribution in [0.5, 0.6) is 0 Å². The zero-order valence-electron chi connectivity index (χ0n) is 18.5.